The summed E-state index contributed by atoms with van der Waals surface area (Å²) in [6.07, 6.45) is 2.67. The van der Waals surface area contributed by atoms with Gasteiger partial charge in [-0.05, 0) is 24.7 Å². The molecule has 2 rings (SSSR count). The zero-order valence-electron chi connectivity index (χ0n) is 10.4. The first-order chi connectivity index (χ1) is 7.49. The van der Waals surface area contributed by atoms with Gasteiger partial charge in [0, 0.05) is 0 Å². The van der Waals surface area contributed by atoms with Crippen LogP contribution in [0.25, 0.3) is 5.32 Å². The van der Waals surface area contributed by atoms with Crippen LogP contribution in [-0.4, -0.2) is 17.8 Å². The average Bonchev–Trinajstić information content (AvgIpc) is 2.15. The van der Waals surface area contributed by atoms with Crippen LogP contribution in [0, 0.1) is 17.3 Å². The van der Waals surface area contributed by atoms with E-state index in [2.05, 4.69) is 10.6 Å². The number of barbiturate groups is 1. The zero-order chi connectivity index (χ0) is 11.9. The summed E-state index contributed by atoms with van der Waals surface area (Å²) < 4.78 is 0. The van der Waals surface area contributed by atoms with Crippen molar-refractivity contribution >= 4 is 17.8 Å². The topological polar surface area (TPSA) is 77.3 Å². The van der Waals surface area contributed by atoms with E-state index in [1.54, 1.807) is 0 Å². The number of carbonyl (C=O) groups is 3. The normalized spacial score (nSPS) is 37.2. The molecule has 0 bridgehead atoms. The van der Waals surface area contributed by atoms with Gasteiger partial charge in [0.05, 0.1) is 5.41 Å². The molecule has 1 aliphatic heterocycles. The maximum absolute atomic E-state index is 12.0. The van der Waals surface area contributed by atoms with E-state index in [4.69, 9.17) is 0 Å². The minimum atomic E-state index is -1.10. The Morgan fingerprint density at radius 1 is 1.18 bits per heavy atom. The number of nitrogens with zero attached hydrogens (tertiary/aromatic N) is 1. The summed E-state index contributed by atoms with van der Waals surface area (Å²) in [5, 5.41) is 5.57. The molecule has 2 atom stereocenters. The van der Waals surface area contributed by atoms with Crippen molar-refractivity contribution < 1.29 is 43.9 Å². The SMILES string of the molecule is CC1CCCC(C)C12C(=O)[N-]C(=O)NC2=O.[Na+]. The molecule has 0 radical (unpaired) electrons. The van der Waals surface area contributed by atoms with E-state index in [0.29, 0.717) is 0 Å². The number of hydrogen-bond donors (Lipinski definition) is 1. The minimum Gasteiger partial charge on any atom is -0.394 e. The Kier molecular flexibility index (Phi) is 4.38. The number of imide groups is 2. The molecule has 1 spiro atoms. The Bertz CT molecular complexity index is 338. The molecule has 17 heavy (non-hydrogen) atoms. The van der Waals surface area contributed by atoms with E-state index in [0.717, 1.165) is 19.3 Å². The molecule has 1 saturated heterocycles. The molecule has 1 aliphatic carbocycles. The maximum atomic E-state index is 12.0. The van der Waals surface area contributed by atoms with Crippen molar-refractivity contribution in [2.45, 2.75) is 33.1 Å². The Morgan fingerprint density at radius 3 is 2.18 bits per heavy atom. The fraction of sp³-hybridized carbons (Fsp3) is 0.727. The van der Waals surface area contributed by atoms with E-state index in [9.17, 15) is 14.4 Å². The summed E-state index contributed by atoms with van der Waals surface area (Å²) in [7, 11) is 0. The second-order valence-corrected chi connectivity index (χ2v) is 4.78. The first-order valence-corrected chi connectivity index (χ1v) is 5.61. The van der Waals surface area contributed by atoms with Crippen LogP contribution in [0.4, 0.5) is 4.79 Å². The van der Waals surface area contributed by atoms with Crippen LogP contribution in [0.1, 0.15) is 33.1 Å². The van der Waals surface area contributed by atoms with Crippen molar-refractivity contribution in [2.75, 3.05) is 0 Å². The van der Waals surface area contributed by atoms with Crippen molar-refractivity contribution in [1.29, 1.82) is 0 Å². The number of carbonyl (C=O) groups excluding carboxylic acids is 3. The number of nitrogens with one attached hydrogen (secondary N) is 1. The van der Waals surface area contributed by atoms with Crippen LogP contribution in [0.3, 0.4) is 0 Å². The number of hydrogen-bond acceptors (Lipinski definition) is 3. The summed E-state index contributed by atoms with van der Waals surface area (Å²) >= 11 is 0. The fourth-order valence-corrected chi connectivity index (χ4v) is 3.05. The smallest absolute Gasteiger partial charge is 0.394 e. The van der Waals surface area contributed by atoms with Gasteiger partial charge in [-0.2, -0.15) is 0 Å². The number of amides is 4. The molecule has 6 heteroatoms. The van der Waals surface area contributed by atoms with Crippen LogP contribution in [0.15, 0.2) is 0 Å². The molecule has 1 N–H and O–H groups in total. The molecule has 5 nitrogen and oxygen atoms in total. The second-order valence-electron chi connectivity index (χ2n) is 4.78. The van der Waals surface area contributed by atoms with Gasteiger partial charge in [-0.1, -0.05) is 20.3 Å². The summed E-state index contributed by atoms with van der Waals surface area (Å²) in [5.41, 5.74) is -1.10. The first kappa shape index (κ1) is 14.7. The molecule has 2 aliphatic rings. The molecular weight excluding hydrogens is 231 g/mol. The Balaban J connectivity index is 0.00000144. The molecule has 0 aromatic heterocycles. The van der Waals surface area contributed by atoms with Gasteiger partial charge in [-0.15, -0.1) is 0 Å². The third-order valence-electron chi connectivity index (χ3n) is 3.98. The van der Waals surface area contributed by atoms with Crippen molar-refractivity contribution in [3.05, 3.63) is 5.32 Å². The van der Waals surface area contributed by atoms with Gasteiger partial charge in [0.25, 0.3) is 0 Å². The van der Waals surface area contributed by atoms with Gasteiger partial charge in [0.15, 0.2) is 17.8 Å². The van der Waals surface area contributed by atoms with Gasteiger partial charge in [0.2, 0.25) is 0 Å². The molecular formula is C11H15N2NaO3. The van der Waals surface area contributed by atoms with E-state index >= 15 is 0 Å². The second kappa shape index (κ2) is 5.08. The van der Waals surface area contributed by atoms with Gasteiger partial charge >= 0.3 is 29.6 Å². The van der Waals surface area contributed by atoms with Crippen LogP contribution in [-0.2, 0) is 9.59 Å². The monoisotopic (exact) mass is 246 g/mol. The Morgan fingerprint density at radius 2 is 1.71 bits per heavy atom. The van der Waals surface area contributed by atoms with E-state index < -0.39 is 23.3 Å². The third kappa shape index (κ3) is 2.04. The van der Waals surface area contributed by atoms with Crippen LogP contribution in [0.2, 0.25) is 0 Å². The van der Waals surface area contributed by atoms with Crippen molar-refractivity contribution in [2.24, 2.45) is 17.3 Å². The molecule has 0 aromatic rings. The van der Waals surface area contributed by atoms with Crippen molar-refractivity contribution in [3.63, 3.8) is 0 Å². The van der Waals surface area contributed by atoms with Crippen LogP contribution < -0.4 is 34.9 Å². The summed E-state index contributed by atoms with van der Waals surface area (Å²) in [4.78, 5) is 35.0. The zero-order valence-corrected chi connectivity index (χ0v) is 12.4. The summed E-state index contributed by atoms with van der Waals surface area (Å²) in [6.45, 7) is 3.77. The number of rotatable bonds is 0. The first-order valence-electron chi connectivity index (χ1n) is 5.61. The molecule has 0 aromatic carbocycles. The predicted molar refractivity (Wildman–Crippen MR) is 56.5 cm³/mol. The fourth-order valence-electron chi connectivity index (χ4n) is 3.05. The van der Waals surface area contributed by atoms with Gasteiger partial charge in [-0.25, -0.2) is 0 Å². The quantitative estimate of drug-likeness (QED) is 0.421. The van der Waals surface area contributed by atoms with Crippen LogP contribution >= 0.6 is 0 Å². The standard InChI is InChI=1S/C11H16N2O3.Na/c1-6-4-3-5-7(2)11(6)8(14)12-10(16)13-9(11)15;/h6-7H,3-5H2,1-2H3,(H2,12,13,14,15,16);/q;+1/p-1. The molecule has 1 heterocycles. The van der Waals surface area contributed by atoms with Crippen molar-refractivity contribution in [3.8, 4) is 0 Å². The van der Waals surface area contributed by atoms with Crippen molar-refractivity contribution in [1.82, 2.24) is 5.32 Å². The van der Waals surface area contributed by atoms with E-state index in [1.807, 2.05) is 13.8 Å². The van der Waals surface area contributed by atoms with Gasteiger partial charge in [-0.3, -0.25) is 14.4 Å². The molecule has 4 amide bonds. The minimum absolute atomic E-state index is 0. The van der Waals surface area contributed by atoms with E-state index in [1.165, 1.54) is 0 Å². The average molecular weight is 246 g/mol. The molecule has 2 fully saturated rings. The Labute approximate surface area is 122 Å². The van der Waals surface area contributed by atoms with Gasteiger partial charge in [0.1, 0.15) is 0 Å². The molecule has 2 unspecified atom stereocenters. The molecule has 1 saturated carbocycles. The maximum Gasteiger partial charge on any atom is 1.00 e. The van der Waals surface area contributed by atoms with E-state index in [-0.39, 0.29) is 41.4 Å². The van der Waals surface area contributed by atoms with Gasteiger partial charge < -0.3 is 10.6 Å². The Hall–Kier alpha value is -0.390. The summed E-state index contributed by atoms with van der Waals surface area (Å²) in [6, 6.07) is -0.828. The summed E-state index contributed by atoms with van der Waals surface area (Å²) in [5.74, 6) is -1.13. The third-order valence-corrected chi connectivity index (χ3v) is 3.98. The molecule has 88 valence electrons. The predicted octanol–water partition coefficient (Wildman–Crippen LogP) is -1.42. The largest absolute Gasteiger partial charge is 1.00 e. The number of urea groups is 1. The van der Waals surface area contributed by atoms with Crippen LogP contribution in [0.5, 0.6) is 0 Å².